The predicted octanol–water partition coefficient (Wildman–Crippen LogP) is -0.118. The van der Waals surface area contributed by atoms with E-state index in [4.69, 9.17) is 10.8 Å². The number of hydrogen-bond donors (Lipinski definition) is 2. The van der Waals surface area contributed by atoms with Gasteiger partial charge in [-0.3, -0.25) is 0 Å². The van der Waals surface area contributed by atoms with Gasteiger partial charge < -0.3 is 10.8 Å². The predicted molar refractivity (Wildman–Crippen MR) is 29.9 cm³/mol. The lowest BCUT2D eigenvalue weighted by Gasteiger charge is -1.99. The van der Waals surface area contributed by atoms with Crippen LogP contribution in [-0.4, -0.2) is 17.8 Å². The molecule has 0 aliphatic carbocycles. The van der Waals surface area contributed by atoms with E-state index in [9.17, 15) is 0 Å². The molecule has 0 spiro atoms. The van der Waals surface area contributed by atoms with Gasteiger partial charge in [-0.05, 0) is 6.42 Å². The van der Waals surface area contributed by atoms with Gasteiger partial charge >= 0.3 is 0 Å². The molecule has 3 N–H and O–H groups in total. The van der Waals surface area contributed by atoms with Crippen LogP contribution in [0.15, 0.2) is 12.7 Å². The van der Waals surface area contributed by atoms with Gasteiger partial charge in [0.15, 0.2) is 0 Å². The highest BCUT2D eigenvalue weighted by atomic mass is 16.3. The van der Waals surface area contributed by atoms with Gasteiger partial charge in [-0.25, -0.2) is 0 Å². The summed E-state index contributed by atoms with van der Waals surface area (Å²) in [6.07, 6.45) is 1.85. The average molecular weight is 101 g/mol. The van der Waals surface area contributed by atoms with Crippen molar-refractivity contribution in [2.24, 2.45) is 5.73 Å². The molecule has 0 bridgehead atoms. The molecule has 42 valence electrons. The van der Waals surface area contributed by atoms with Gasteiger partial charge in [-0.2, -0.15) is 0 Å². The lowest BCUT2D eigenvalue weighted by Crippen LogP contribution is -2.18. The largest absolute Gasteiger partial charge is 0.391 e. The zero-order valence-corrected chi connectivity index (χ0v) is 4.30. The van der Waals surface area contributed by atoms with Crippen molar-refractivity contribution in [3.63, 3.8) is 0 Å². The normalized spacial score (nSPS) is 13.4. The van der Waals surface area contributed by atoms with E-state index in [-0.39, 0.29) is 0 Å². The quantitative estimate of drug-likeness (QED) is 0.487. The molecule has 0 aromatic rings. The topological polar surface area (TPSA) is 46.2 Å². The van der Waals surface area contributed by atoms with Crippen molar-refractivity contribution in [1.29, 1.82) is 0 Å². The molecule has 0 aliphatic heterocycles. The van der Waals surface area contributed by atoms with Gasteiger partial charge in [-0.1, -0.05) is 6.08 Å². The van der Waals surface area contributed by atoms with Crippen LogP contribution in [0, 0.1) is 0 Å². The van der Waals surface area contributed by atoms with Crippen molar-refractivity contribution in [2.75, 3.05) is 6.54 Å². The molecule has 1 atom stereocenters. The number of hydrogen-bond acceptors (Lipinski definition) is 2. The fourth-order valence-electron chi connectivity index (χ4n) is 0.289. The van der Waals surface area contributed by atoms with Gasteiger partial charge in [0.05, 0.1) is 6.10 Å². The van der Waals surface area contributed by atoms with Crippen LogP contribution in [-0.2, 0) is 0 Å². The van der Waals surface area contributed by atoms with E-state index in [1.807, 2.05) is 0 Å². The number of aliphatic hydroxyl groups is 1. The Labute approximate surface area is 43.6 Å². The fraction of sp³-hybridized carbons (Fsp3) is 0.600. The maximum absolute atomic E-state index is 8.66. The number of aliphatic hydroxyl groups excluding tert-OH is 1. The first-order valence-electron chi connectivity index (χ1n) is 2.30. The van der Waals surface area contributed by atoms with Crippen LogP contribution >= 0.6 is 0 Å². The molecule has 1 unspecified atom stereocenters. The molecular formula is C5H11NO. The molecule has 0 aliphatic rings. The van der Waals surface area contributed by atoms with Crippen molar-refractivity contribution < 1.29 is 5.11 Å². The summed E-state index contributed by atoms with van der Waals surface area (Å²) >= 11 is 0. The SMILES string of the molecule is C=CCC(O)CN. The van der Waals surface area contributed by atoms with Crippen LogP contribution in [0.2, 0.25) is 0 Å². The molecule has 0 aromatic heterocycles. The molecule has 7 heavy (non-hydrogen) atoms. The zero-order chi connectivity index (χ0) is 5.70. The molecular weight excluding hydrogens is 90.1 g/mol. The first kappa shape index (κ1) is 6.66. The van der Waals surface area contributed by atoms with E-state index in [1.165, 1.54) is 0 Å². The van der Waals surface area contributed by atoms with E-state index in [2.05, 4.69) is 6.58 Å². The van der Waals surface area contributed by atoms with Crippen molar-refractivity contribution in [2.45, 2.75) is 12.5 Å². The van der Waals surface area contributed by atoms with Crippen molar-refractivity contribution in [1.82, 2.24) is 0 Å². The van der Waals surface area contributed by atoms with Crippen molar-refractivity contribution in [3.8, 4) is 0 Å². The summed E-state index contributed by atoms with van der Waals surface area (Å²) in [6.45, 7) is 3.76. The van der Waals surface area contributed by atoms with Gasteiger partial charge in [0.25, 0.3) is 0 Å². The van der Waals surface area contributed by atoms with Crippen molar-refractivity contribution in [3.05, 3.63) is 12.7 Å². The Morgan fingerprint density at radius 1 is 1.86 bits per heavy atom. The second-order valence-corrected chi connectivity index (χ2v) is 1.41. The van der Waals surface area contributed by atoms with Crippen LogP contribution in [0.4, 0.5) is 0 Å². The molecule has 0 saturated heterocycles. The van der Waals surface area contributed by atoms with Crippen LogP contribution in [0.5, 0.6) is 0 Å². The van der Waals surface area contributed by atoms with E-state index in [0.717, 1.165) is 0 Å². The minimum atomic E-state index is -0.391. The first-order valence-corrected chi connectivity index (χ1v) is 2.30. The van der Waals surface area contributed by atoms with Gasteiger partial charge in [0, 0.05) is 6.54 Å². The third-order valence-corrected chi connectivity index (χ3v) is 0.711. The molecule has 0 rings (SSSR count). The minimum absolute atomic E-state index is 0.325. The number of nitrogens with two attached hydrogens (primary N) is 1. The van der Waals surface area contributed by atoms with E-state index in [0.29, 0.717) is 13.0 Å². The molecule has 0 amide bonds. The lowest BCUT2D eigenvalue weighted by molar-refractivity contribution is 0.186. The molecule has 0 fully saturated rings. The van der Waals surface area contributed by atoms with Crippen molar-refractivity contribution >= 4 is 0 Å². The van der Waals surface area contributed by atoms with Crippen LogP contribution in [0.3, 0.4) is 0 Å². The van der Waals surface area contributed by atoms with E-state index in [1.54, 1.807) is 6.08 Å². The molecule has 0 saturated carbocycles. The molecule has 2 heteroatoms. The third kappa shape index (κ3) is 3.49. The third-order valence-electron chi connectivity index (χ3n) is 0.711. The highest BCUT2D eigenvalue weighted by molar-refractivity contribution is 4.71. The number of rotatable bonds is 3. The van der Waals surface area contributed by atoms with Crippen LogP contribution < -0.4 is 5.73 Å². The first-order chi connectivity index (χ1) is 3.31. The summed E-state index contributed by atoms with van der Waals surface area (Å²) in [4.78, 5) is 0. The summed E-state index contributed by atoms with van der Waals surface area (Å²) in [5.74, 6) is 0. The smallest absolute Gasteiger partial charge is 0.0696 e. The van der Waals surface area contributed by atoms with Gasteiger partial charge in [-0.15, -0.1) is 6.58 Å². The standard InChI is InChI=1S/C5H11NO/c1-2-3-5(7)4-6/h2,5,7H,1,3-4,6H2. The van der Waals surface area contributed by atoms with Gasteiger partial charge in [0.1, 0.15) is 0 Å². The Morgan fingerprint density at radius 3 is 2.57 bits per heavy atom. The molecule has 0 heterocycles. The molecule has 2 nitrogen and oxygen atoms in total. The Hall–Kier alpha value is -0.340. The second kappa shape index (κ2) is 3.84. The van der Waals surface area contributed by atoms with Gasteiger partial charge in [0.2, 0.25) is 0 Å². The average Bonchev–Trinajstić information content (AvgIpc) is 1.68. The Kier molecular flexibility index (Phi) is 3.65. The van der Waals surface area contributed by atoms with E-state index < -0.39 is 6.10 Å². The molecule has 0 aromatic carbocycles. The summed E-state index contributed by atoms with van der Waals surface area (Å²) in [6, 6.07) is 0. The Balaban J connectivity index is 2.98. The fourth-order valence-corrected chi connectivity index (χ4v) is 0.289. The maximum Gasteiger partial charge on any atom is 0.0696 e. The Bertz CT molecular complexity index is 54.0. The summed E-state index contributed by atoms with van der Waals surface area (Å²) < 4.78 is 0. The maximum atomic E-state index is 8.66. The second-order valence-electron chi connectivity index (χ2n) is 1.41. The lowest BCUT2D eigenvalue weighted by atomic mass is 10.2. The van der Waals surface area contributed by atoms with Crippen LogP contribution in [0.25, 0.3) is 0 Å². The Morgan fingerprint density at radius 2 is 2.43 bits per heavy atom. The highest BCUT2D eigenvalue weighted by Crippen LogP contribution is 1.86. The van der Waals surface area contributed by atoms with Crippen LogP contribution in [0.1, 0.15) is 6.42 Å². The minimum Gasteiger partial charge on any atom is -0.391 e. The zero-order valence-electron chi connectivity index (χ0n) is 4.30. The molecule has 0 radical (unpaired) electrons. The summed E-state index contributed by atoms with van der Waals surface area (Å²) in [5.41, 5.74) is 5.06. The summed E-state index contributed by atoms with van der Waals surface area (Å²) in [7, 11) is 0. The highest BCUT2D eigenvalue weighted by Gasteiger charge is 1.92. The van der Waals surface area contributed by atoms with E-state index >= 15 is 0 Å². The summed E-state index contributed by atoms with van der Waals surface area (Å²) in [5, 5.41) is 8.66. The monoisotopic (exact) mass is 101 g/mol.